The molecule has 0 spiro atoms. The van der Waals surface area contributed by atoms with Gasteiger partial charge in [0.2, 0.25) is 0 Å². The van der Waals surface area contributed by atoms with Gasteiger partial charge in [0.05, 0.1) is 0 Å². The normalized spacial score (nSPS) is 24.0. The Bertz CT molecular complexity index is 41.4. The molecule has 0 saturated carbocycles. The molecule has 0 aromatic heterocycles. The Morgan fingerprint density at radius 3 is 2.67 bits per heavy atom. The van der Waals surface area contributed by atoms with Crippen LogP contribution in [0.5, 0.6) is 0 Å². The van der Waals surface area contributed by atoms with Gasteiger partial charge in [-0.1, -0.05) is 0 Å². The SMILES string of the molecule is [S]1[S][Bi][S][Pb][S][Bi][S][Pb]1. The van der Waals surface area contributed by atoms with E-state index in [9.17, 15) is 0 Å². The van der Waals surface area contributed by atoms with E-state index in [1.807, 2.05) is 0 Å². The fourth-order valence-corrected chi connectivity index (χ4v) is 436. The van der Waals surface area contributed by atoms with Gasteiger partial charge in [0.25, 0.3) is 0 Å². The van der Waals surface area contributed by atoms with Crippen LogP contribution in [0.1, 0.15) is 0 Å². The zero-order valence-corrected chi connectivity index (χ0v) is 22.7. The Morgan fingerprint density at radius 2 is 1.67 bits per heavy atom. The Balaban J connectivity index is 2.02. The third kappa shape index (κ3) is 8.36. The van der Waals surface area contributed by atoms with Gasteiger partial charge in [-0.05, 0) is 0 Å². The minimum absolute atomic E-state index is 0.0290. The molecule has 0 aromatic carbocycles. The van der Waals surface area contributed by atoms with Crippen LogP contribution in [0, 0.1) is 0 Å². The van der Waals surface area contributed by atoms with Crippen molar-refractivity contribution in [3.05, 3.63) is 0 Å². The molecule has 0 atom stereocenters. The van der Waals surface area contributed by atoms with E-state index in [2.05, 4.69) is 30.1 Å². The number of hydrogen-bond acceptors (Lipinski definition) is 5. The molecule has 1 aliphatic rings. The van der Waals surface area contributed by atoms with Crippen LogP contribution < -0.4 is 0 Å². The molecule has 0 aliphatic carbocycles. The summed E-state index contributed by atoms with van der Waals surface area (Å²) in [6, 6.07) is 0. The molecule has 0 unspecified atom stereocenters. The first-order valence-electron chi connectivity index (χ1n) is 1.71. The molecule has 1 saturated heterocycles. The van der Waals surface area contributed by atoms with E-state index < -0.39 is 0 Å². The topological polar surface area (TPSA) is 0 Å². The van der Waals surface area contributed by atoms with Gasteiger partial charge >= 0.3 is 113 Å². The van der Waals surface area contributed by atoms with Gasteiger partial charge in [-0.15, -0.1) is 0 Å². The van der Waals surface area contributed by atoms with E-state index >= 15 is 0 Å². The third-order valence-electron chi connectivity index (χ3n) is 0.325. The van der Waals surface area contributed by atoms with Crippen molar-refractivity contribution >= 4 is 113 Å². The fraction of sp³-hybridized carbons (Fsp3) is 0. The van der Waals surface area contributed by atoms with E-state index in [1.165, 1.54) is 0 Å². The Morgan fingerprint density at radius 1 is 0.889 bits per heavy atom. The van der Waals surface area contributed by atoms with Crippen LogP contribution in [0.2, 0.25) is 0 Å². The second kappa shape index (κ2) is 9.90. The number of rotatable bonds is 0. The Kier molecular flexibility index (Phi) is 13.7. The molecule has 1 rings (SSSR count). The second-order valence-electron chi connectivity index (χ2n) is 0.747. The summed E-state index contributed by atoms with van der Waals surface area (Å²) in [4.78, 5) is 0. The Labute approximate surface area is 109 Å². The van der Waals surface area contributed by atoms with E-state index in [-0.39, 0.29) is 83.1 Å². The predicted octanol–water partition coefficient (Wildman–Crippen LogP) is 1.72. The summed E-state index contributed by atoms with van der Waals surface area (Å²) in [5.41, 5.74) is 0. The molecule has 0 amide bonds. The average molecular weight is 993 g/mol. The van der Waals surface area contributed by atoms with Crippen LogP contribution in [0.3, 0.4) is 0 Å². The molecule has 9 heteroatoms. The fourth-order valence-electron chi connectivity index (χ4n) is 0.142. The van der Waals surface area contributed by atoms with Crippen molar-refractivity contribution in [2.24, 2.45) is 0 Å². The van der Waals surface area contributed by atoms with Crippen LogP contribution in [0.15, 0.2) is 0 Å². The summed E-state index contributed by atoms with van der Waals surface area (Å²) in [6.07, 6.45) is 0. The molecule has 0 aromatic rings. The summed E-state index contributed by atoms with van der Waals surface area (Å²) in [5, 5.41) is 7.48. The molecular formula is Bi2Pb2S5. The van der Waals surface area contributed by atoms with Crippen LogP contribution in [-0.4, -0.2) is 83.1 Å². The average Bonchev–Trinajstić information content (AvgIpc) is 2.00. The molecule has 0 nitrogen and oxygen atoms in total. The van der Waals surface area contributed by atoms with Gasteiger partial charge in [-0.2, -0.15) is 0 Å². The molecule has 1 aliphatic heterocycles. The minimum atomic E-state index is -0.0803. The molecule has 9 heavy (non-hydrogen) atoms. The second-order valence-corrected chi connectivity index (χ2v) is 101. The Hall–Kier alpha value is 5.36. The van der Waals surface area contributed by atoms with Crippen molar-refractivity contribution in [3.63, 3.8) is 0 Å². The van der Waals surface area contributed by atoms with Crippen LogP contribution in [-0.2, 0) is 0 Å². The van der Waals surface area contributed by atoms with Crippen molar-refractivity contribution in [1.29, 1.82) is 0 Å². The van der Waals surface area contributed by atoms with Gasteiger partial charge in [0.1, 0.15) is 0 Å². The van der Waals surface area contributed by atoms with Gasteiger partial charge in [0, 0.05) is 0 Å². The van der Waals surface area contributed by atoms with Crippen molar-refractivity contribution < 1.29 is 0 Å². The van der Waals surface area contributed by atoms with E-state index in [4.69, 9.17) is 0 Å². The molecule has 6 radical (unpaired) electrons. The first-order valence-corrected chi connectivity index (χ1v) is 42.2. The van der Waals surface area contributed by atoms with Crippen molar-refractivity contribution in [2.45, 2.75) is 0 Å². The van der Waals surface area contributed by atoms with E-state index in [0.717, 1.165) is 0 Å². The van der Waals surface area contributed by atoms with Crippen molar-refractivity contribution in [2.75, 3.05) is 0 Å². The molecule has 0 N–H and O–H groups in total. The summed E-state index contributed by atoms with van der Waals surface area (Å²) >= 11 is 0.0130. The summed E-state index contributed by atoms with van der Waals surface area (Å²) in [6.45, 7) is 0. The van der Waals surface area contributed by atoms with Gasteiger partial charge in [0.15, 0.2) is 0 Å². The quantitative estimate of drug-likeness (QED) is 0.268. The predicted molar refractivity (Wildman–Crippen MR) is 61.0 cm³/mol. The first-order chi connectivity index (χ1) is 4.50. The summed E-state index contributed by atoms with van der Waals surface area (Å²) < 4.78 is 0. The van der Waals surface area contributed by atoms with Crippen molar-refractivity contribution in [1.82, 2.24) is 0 Å². The van der Waals surface area contributed by atoms with E-state index in [0.29, 0.717) is 0 Å². The molecule has 1 heterocycles. The van der Waals surface area contributed by atoms with Crippen LogP contribution in [0.4, 0.5) is 0 Å². The molecule has 48 valence electrons. The van der Waals surface area contributed by atoms with Crippen LogP contribution >= 0.6 is 30.1 Å². The van der Waals surface area contributed by atoms with E-state index in [1.54, 1.807) is 0 Å². The molecule has 0 bridgehead atoms. The first kappa shape index (κ1) is 12.4. The monoisotopic (exact) mass is 994 g/mol. The third-order valence-corrected chi connectivity index (χ3v) is 196. The maximum absolute atomic E-state index is 2.51. The van der Waals surface area contributed by atoms with Gasteiger partial charge in [-0.3, -0.25) is 0 Å². The van der Waals surface area contributed by atoms with Crippen LogP contribution in [0.25, 0.3) is 0 Å². The zero-order valence-electron chi connectivity index (χ0n) is 3.94. The zero-order chi connectivity index (χ0) is 6.36. The maximum atomic E-state index is 2.51. The molecule has 1 fully saturated rings. The van der Waals surface area contributed by atoms with Gasteiger partial charge in [-0.25, -0.2) is 0 Å². The molecular weight excluding hydrogens is 993 g/mol. The summed E-state index contributed by atoms with van der Waals surface area (Å²) in [7, 11) is 4.67. The summed E-state index contributed by atoms with van der Waals surface area (Å²) in [5.74, 6) is 0. The number of hydrogen-bond donors (Lipinski definition) is 0. The van der Waals surface area contributed by atoms with Crippen molar-refractivity contribution in [3.8, 4) is 0 Å². The standard InChI is InChI=1S/2Bi.2Pb.S2.3S/c;;;;1-2;;;/q;+1;;+1;-2;;;. The van der Waals surface area contributed by atoms with Gasteiger partial charge < -0.3 is 0 Å².